The number of hydrogen-bond donors (Lipinski definition) is 0. The quantitative estimate of drug-likeness (QED) is 0.728. The van der Waals surface area contributed by atoms with Gasteiger partial charge in [0.25, 0.3) is 0 Å². The van der Waals surface area contributed by atoms with Crippen molar-refractivity contribution in [2.75, 3.05) is 31.2 Å². The molecule has 1 saturated heterocycles. The first kappa shape index (κ1) is 13.0. The van der Waals surface area contributed by atoms with Crippen molar-refractivity contribution in [2.24, 2.45) is 0 Å². The summed E-state index contributed by atoms with van der Waals surface area (Å²) in [5.41, 5.74) is 1.65. The second-order valence-corrected chi connectivity index (χ2v) is 3.55. The van der Waals surface area contributed by atoms with Crippen molar-refractivity contribution in [2.45, 2.75) is 20.8 Å². The van der Waals surface area contributed by atoms with Crippen LogP contribution in [0.3, 0.4) is 0 Å². The molecule has 0 atom stereocenters. The minimum Gasteiger partial charge on any atom is -0.378 e. The van der Waals surface area contributed by atoms with Crippen molar-refractivity contribution in [1.29, 1.82) is 0 Å². The Balaban J connectivity index is 0.000000606. The largest absolute Gasteiger partial charge is 0.378 e. The molecule has 2 nitrogen and oxygen atoms in total. The molecule has 0 aliphatic carbocycles. The molecule has 0 bridgehead atoms. The highest BCUT2D eigenvalue weighted by molar-refractivity contribution is 5.49. The van der Waals surface area contributed by atoms with E-state index in [4.69, 9.17) is 4.74 Å². The Bertz CT molecular complexity index is 322. The molecule has 2 rings (SSSR count). The maximum atomic E-state index is 13.6. The first-order valence-electron chi connectivity index (χ1n) is 5.86. The van der Waals surface area contributed by atoms with Crippen LogP contribution < -0.4 is 4.90 Å². The Morgan fingerprint density at radius 1 is 1.19 bits per heavy atom. The molecule has 0 N–H and O–H groups in total. The van der Waals surface area contributed by atoms with Crippen molar-refractivity contribution < 1.29 is 9.13 Å². The fourth-order valence-electron chi connectivity index (χ4n) is 1.67. The Morgan fingerprint density at radius 3 is 2.38 bits per heavy atom. The third-order valence-corrected chi connectivity index (χ3v) is 2.45. The summed E-state index contributed by atoms with van der Waals surface area (Å²) in [5.74, 6) is -0.132. The first-order valence-corrected chi connectivity index (χ1v) is 5.86. The lowest BCUT2D eigenvalue weighted by atomic mass is 10.2. The molecule has 16 heavy (non-hydrogen) atoms. The Labute approximate surface area is 97.0 Å². The van der Waals surface area contributed by atoms with Crippen LogP contribution in [0.2, 0.25) is 0 Å². The van der Waals surface area contributed by atoms with Crippen LogP contribution in [0.4, 0.5) is 10.1 Å². The van der Waals surface area contributed by atoms with E-state index in [0.717, 1.165) is 18.7 Å². The SMILES string of the molecule is CC.Cc1ccc(N2CCOCC2)c(F)c1. The van der Waals surface area contributed by atoms with E-state index in [2.05, 4.69) is 0 Å². The standard InChI is InChI=1S/C11H14FNO.C2H6/c1-9-2-3-11(10(12)8-9)13-4-6-14-7-5-13;1-2/h2-3,8H,4-7H2,1H3;1-2H3. The van der Waals surface area contributed by atoms with Crippen molar-refractivity contribution in [3.8, 4) is 0 Å². The number of hydrogen-bond acceptors (Lipinski definition) is 2. The number of nitrogens with zero attached hydrogens (tertiary/aromatic N) is 1. The van der Waals surface area contributed by atoms with Gasteiger partial charge in [0.15, 0.2) is 0 Å². The van der Waals surface area contributed by atoms with Crippen molar-refractivity contribution in [3.63, 3.8) is 0 Å². The molecular formula is C13H20FNO. The van der Waals surface area contributed by atoms with Crippen LogP contribution in [0.15, 0.2) is 18.2 Å². The lowest BCUT2D eigenvalue weighted by Gasteiger charge is -2.29. The summed E-state index contributed by atoms with van der Waals surface area (Å²) in [6.07, 6.45) is 0. The number of anilines is 1. The van der Waals surface area contributed by atoms with E-state index in [9.17, 15) is 4.39 Å². The smallest absolute Gasteiger partial charge is 0.146 e. The van der Waals surface area contributed by atoms with Crippen LogP contribution in [0.1, 0.15) is 19.4 Å². The molecule has 90 valence electrons. The summed E-state index contributed by atoms with van der Waals surface area (Å²) in [6.45, 7) is 8.83. The number of aryl methyl sites for hydroxylation is 1. The molecule has 0 saturated carbocycles. The summed E-state index contributed by atoms with van der Waals surface area (Å²) in [6, 6.07) is 5.36. The van der Waals surface area contributed by atoms with E-state index in [1.54, 1.807) is 6.07 Å². The third-order valence-electron chi connectivity index (χ3n) is 2.45. The maximum absolute atomic E-state index is 13.6. The van der Waals surface area contributed by atoms with Crippen LogP contribution in [0.25, 0.3) is 0 Å². The zero-order valence-electron chi connectivity index (χ0n) is 10.3. The van der Waals surface area contributed by atoms with Gasteiger partial charge in [0.2, 0.25) is 0 Å². The number of halogens is 1. The van der Waals surface area contributed by atoms with Gasteiger partial charge >= 0.3 is 0 Å². The zero-order valence-corrected chi connectivity index (χ0v) is 10.3. The molecule has 0 unspecified atom stereocenters. The van der Waals surface area contributed by atoms with E-state index < -0.39 is 0 Å². The Kier molecular flexibility index (Phi) is 5.26. The minimum absolute atomic E-state index is 0.132. The number of ether oxygens (including phenoxy) is 1. The van der Waals surface area contributed by atoms with E-state index in [-0.39, 0.29) is 5.82 Å². The molecule has 0 spiro atoms. The fraction of sp³-hybridized carbons (Fsp3) is 0.538. The van der Waals surface area contributed by atoms with Gasteiger partial charge in [-0.3, -0.25) is 0 Å². The molecule has 0 radical (unpaired) electrons. The predicted octanol–water partition coefficient (Wildman–Crippen LogP) is 3.00. The normalized spacial score (nSPS) is 15.4. The van der Waals surface area contributed by atoms with Crippen molar-refractivity contribution in [1.82, 2.24) is 0 Å². The topological polar surface area (TPSA) is 12.5 Å². The van der Waals surface area contributed by atoms with Crippen molar-refractivity contribution in [3.05, 3.63) is 29.6 Å². The molecule has 1 aromatic carbocycles. The molecule has 1 fully saturated rings. The van der Waals surface area contributed by atoms with E-state index >= 15 is 0 Å². The highest BCUT2D eigenvalue weighted by Gasteiger charge is 2.14. The second kappa shape index (κ2) is 6.48. The monoisotopic (exact) mass is 225 g/mol. The number of morpholine rings is 1. The Morgan fingerprint density at radius 2 is 1.81 bits per heavy atom. The van der Waals surface area contributed by atoms with Gasteiger partial charge in [0, 0.05) is 13.1 Å². The molecule has 3 heteroatoms. The van der Waals surface area contributed by atoms with E-state index in [0.29, 0.717) is 18.9 Å². The first-order chi connectivity index (χ1) is 7.77. The van der Waals surface area contributed by atoms with Gasteiger partial charge in [-0.2, -0.15) is 0 Å². The molecule has 1 aromatic rings. The maximum Gasteiger partial charge on any atom is 0.146 e. The molecule has 1 heterocycles. The minimum atomic E-state index is -0.132. The van der Waals surface area contributed by atoms with Gasteiger partial charge < -0.3 is 9.64 Å². The molecular weight excluding hydrogens is 205 g/mol. The molecule has 0 amide bonds. The van der Waals surface area contributed by atoms with Gasteiger partial charge in [0.05, 0.1) is 18.9 Å². The van der Waals surface area contributed by atoms with Gasteiger partial charge in [-0.25, -0.2) is 4.39 Å². The third kappa shape index (κ3) is 3.20. The summed E-state index contributed by atoms with van der Waals surface area (Å²) < 4.78 is 18.8. The fourth-order valence-corrected chi connectivity index (χ4v) is 1.67. The predicted molar refractivity (Wildman–Crippen MR) is 65.5 cm³/mol. The van der Waals surface area contributed by atoms with E-state index in [1.165, 1.54) is 0 Å². The molecule has 1 aliphatic rings. The summed E-state index contributed by atoms with van der Waals surface area (Å²) in [5, 5.41) is 0. The van der Waals surface area contributed by atoms with Gasteiger partial charge in [0.1, 0.15) is 5.82 Å². The lowest BCUT2D eigenvalue weighted by molar-refractivity contribution is 0.122. The number of rotatable bonds is 1. The highest BCUT2D eigenvalue weighted by atomic mass is 19.1. The molecule has 1 aliphatic heterocycles. The van der Waals surface area contributed by atoms with Crippen LogP contribution >= 0.6 is 0 Å². The lowest BCUT2D eigenvalue weighted by Crippen LogP contribution is -2.36. The van der Waals surface area contributed by atoms with Crippen LogP contribution in [-0.4, -0.2) is 26.3 Å². The van der Waals surface area contributed by atoms with Gasteiger partial charge in [-0.05, 0) is 24.6 Å². The zero-order chi connectivity index (χ0) is 12.0. The van der Waals surface area contributed by atoms with Crippen LogP contribution in [-0.2, 0) is 4.74 Å². The average molecular weight is 225 g/mol. The average Bonchev–Trinajstić information content (AvgIpc) is 2.33. The van der Waals surface area contributed by atoms with Crippen LogP contribution in [0, 0.1) is 12.7 Å². The number of benzene rings is 1. The molecule has 0 aromatic heterocycles. The van der Waals surface area contributed by atoms with Gasteiger partial charge in [-0.15, -0.1) is 0 Å². The Hall–Kier alpha value is -1.09. The highest BCUT2D eigenvalue weighted by Crippen LogP contribution is 2.20. The second-order valence-electron chi connectivity index (χ2n) is 3.55. The van der Waals surface area contributed by atoms with Gasteiger partial charge in [-0.1, -0.05) is 19.9 Å². The summed E-state index contributed by atoms with van der Waals surface area (Å²) in [4.78, 5) is 2.03. The van der Waals surface area contributed by atoms with Crippen LogP contribution in [0.5, 0.6) is 0 Å². The summed E-state index contributed by atoms with van der Waals surface area (Å²) >= 11 is 0. The van der Waals surface area contributed by atoms with E-state index in [1.807, 2.05) is 37.8 Å². The summed E-state index contributed by atoms with van der Waals surface area (Å²) in [7, 11) is 0. The van der Waals surface area contributed by atoms with Crippen molar-refractivity contribution >= 4 is 5.69 Å².